The van der Waals surface area contributed by atoms with Gasteiger partial charge in [-0.25, -0.2) is 0 Å². The number of ether oxygens (including phenoxy) is 1. The van der Waals surface area contributed by atoms with Gasteiger partial charge in [-0.05, 0) is 25.8 Å². The largest absolute Gasteiger partial charge is 0.487 e. The zero-order valence-electron chi connectivity index (χ0n) is 13.1. The molecule has 2 aliphatic rings. The first-order valence-corrected chi connectivity index (χ1v) is 7.72. The fraction of sp³-hybridized carbons (Fsp3) is 0.588. The summed E-state index contributed by atoms with van der Waals surface area (Å²) in [6.07, 6.45) is 2.53. The molecule has 0 bridgehead atoms. The van der Waals surface area contributed by atoms with E-state index in [1.165, 1.54) is 11.1 Å². The zero-order valence-corrected chi connectivity index (χ0v) is 13.1. The highest BCUT2D eigenvalue weighted by atomic mass is 16.5. The van der Waals surface area contributed by atoms with Crippen molar-refractivity contribution in [1.82, 2.24) is 10.2 Å². The maximum Gasteiger partial charge on any atom is 0.222 e. The Balaban J connectivity index is 1.65. The van der Waals surface area contributed by atoms with Crippen LogP contribution in [0, 0.1) is 0 Å². The van der Waals surface area contributed by atoms with Gasteiger partial charge < -0.3 is 15.0 Å². The number of piperidine rings is 1. The second kappa shape index (κ2) is 5.34. The van der Waals surface area contributed by atoms with Crippen molar-refractivity contribution in [3.05, 3.63) is 29.3 Å². The molecule has 0 aromatic heterocycles. The number of carbonyl (C=O) groups is 1. The van der Waals surface area contributed by atoms with Crippen LogP contribution in [0.3, 0.4) is 0 Å². The normalized spacial score (nSPS) is 23.9. The van der Waals surface area contributed by atoms with Gasteiger partial charge in [0.1, 0.15) is 11.4 Å². The monoisotopic (exact) mass is 288 g/mol. The Morgan fingerprint density at radius 3 is 3.00 bits per heavy atom. The quantitative estimate of drug-likeness (QED) is 0.926. The van der Waals surface area contributed by atoms with Crippen LogP contribution in [-0.4, -0.2) is 36.0 Å². The van der Waals surface area contributed by atoms with E-state index < -0.39 is 0 Å². The van der Waals surface area contributed by atoms with Crippen LogP contribution in [0.5, 0.6) is 5.75 Å². The minimum absolute atomic E-state index is 0.101. The number of likely N-dealkylation sites (tertiary alicyclic amines) is 1. The zero-order chi connectivity index (χ0) is 15.0. The van der Waals surface area contributed by atoms with Crippen LogP contribution in [-0.2, 0) is 17.8 Å². The number of nitrogens with zero attached hydrogens (tertiary/aromatic N) is 1. The third-order valence-corrected chi connectivity index (χ3v) is 4.38. The lowest BCUT2D eigenvalue weighted by Gasteiger charge is -2.30. The number of para-hydroxylation sites is 1. The van der Waals surface area contributed by atoms with E-state index in [9.17, 15) is 4.79 Å². The van der Waals surface area contributed by atoms with Gasteiger partial charge in [0.25, 0.3) is 0 Å². The lowest BCUT2D eigenvalue weighted by Crippen LogP contribution is -2.46. The van der Waals surface area contributed by atoms with Crippen molar-refractivity contribution in [2.75, 3.05) is 13.6 Å². The Bertz CT molecular complexity index is 554. The molecule has 1 aromatic carbocycles. The molecule has 4 heteroatoms. The summed E-state index contributed by atoms with van der Waals surface area (Å²) in [5, 5.41) is 3.57. The fourth-order valence-corrected chi connectivity index (χ4v) is 3.25. The third-order valence-electron chi connectivity index (χ3n) is 4.38. The van der Waals surface area contributed by atoms with Crippen LogP contribution in [0.4, 0.5) is 0 Å². The summed E-state index contributed by atoms with van der Waals surface area (Å²) < 4.78 is 6.10. The van der Waals surface area contributed by atoms with Gasteiger partial charge in [-0.3, -0.25) is 4.79 Å². The molecular formula is C17H24N2O2. The Labute approximate surface area is 126 Å². The van der Waals surface area contributed by atoms with Gasteiger partial charge in [-0.1, -0.05) is 18.2 Å². The number of rotatable bonds is 3. The van der Waals surface area contributed by atoms with E-state index in [4.69, 9.17) is 4.74 Å². The molecule has 1 N–H and O–H groups in total. The summed E-state index contributed by atoms with van der Waals surface area (Å²) in [6, 6.07) is 6.76. The molecule has 1 saturated heterocycles. The van der Waals surface area contributed by atoms with E-state index >= 15 is 0 Å². The number of fused-ring (bicyclic) bond motifs is 1. The molecule has 1 atom stereocenters. The smallest absolute Gasteiger partial charge is 0.222 e. The molecule has 0 radical (unpaired) electrons. The molecule has 1 aromatic rings. The van der Waals surface area contributed by atoms with Gasteiger partial charge in [0, 0.05) is 44.6 Å². The van der Waals surface area contributed by atoms with Crippen LogP contribution in [0.15, 0.2) is 18.2 Å². The number of amides is 1. The molecular weight excluding hydrogens is 264 g/mol. The van der Waals surface area contributed by atoms with Crippen LogP contribution in [0.1, 0.15) is 37.8 Å². The molecule has 1 unspecified atom stereocenters. The Hall–Kier alpha value is -1.55. The Morgan fingerprint density at radius 1 is 1.43 bits per heavy atom. The summed E-state index contributed by atoms with van der Waals surface area (Å²) in [4.78, 5) is 13.3. The van der Waals surface area contributed by atoms with Gasteiger partial charge in [0.05, 0.1) is 0 Å². The number of hydrogen-bond donors (Lipinski definition) is 1. The van der Waals surface area contributed by atoms with E-state index in [2.05, 4.69) is 37.4 Å². The van der Waals surface area contributed by atoms with Crippen LogP contribution in [0.25, 0.3) is 0 Å². The maximum absolute atomic E-state index is 11.5. The van der Waals surface area contributed by atoms with Crippen molar-refractivity contribution in [2.45, 2.75) is 51.3 Å². The molecule has 3 rings (SSSR count). The number of hydrogen-bond acceptors (Lipinski definition) is 3. The molecule has 21 heavy (non-hydrogen) atoms. The molecule has 2 aliphatic heterocycles. The molecule has 114 valence electrons. The first kappa shape index (κ1) is 14.4. The topological polar surface area (TPSA) is 41.6 Å². The first-order chi connectivity index (χ1) is 9.94. The average molecular weight is 288 g/mol. The predicted octanol–water partition coefficient (Wildman–Crippen LogP) is 2.11. The van der Waals surface area contributed by atoms with Crippen molar-refractivity contribution >= 4 is 5.91 Å². The van der Waals surface area contributed by atoms with Crippen molar-refractivity contribution in [3.8, 4) is 5.75 Å². The SMILES string of the molecule is CN1CC(NCc2cccc3c2OC(C)(C)C3)CCC1=O. The van der Waals surface area contributed by atoms with E-state index in [0.717, 1.165) is 31.7 Å². The number of carbonyl (C=O) groups excluding carboxylic acids is 1. The van der Waals surface area contributed by atoms with Gasteiger partial charge in [-0.15, -0.1) is 0 Å². The molecule has 1 amide bonds. The highest BCUT2D eigenvalue weighted by Crippen LogP contribution is 2.37. The minimum atomic E-state index is -0.101. The van der Waals surface area contributed by atoms with Crippen molar-refractivity contribution in [2.24, 2.45) is 0 Å². The van der Waals surface area contributed by atoms with E-state index in [1.54, 1.807) is 0 Å². The van der Waals surface area contributed by atoms with Gasteiger partial charge in [0.15, 0.2) is 0 Å². The molecule has 0 spiro atoms. The fourth-order valence-electron chi connectivity index (χ4n) is 3.25. The number of benzene rings is 1. The average Bonchev–Trinajstić information content (AvgIpc) is 2.74. The van der Waals surface area contributed by atoms with E-state index in [-0.39, 0.29) is 11.5 Å². The summed E-state index contributed by atoms with van der Waals surface area (Å²) in [6.45, 7) is 5.85. The number of nitrogens with one attached hydrogen (secondary N) is 1. The molecule has 1 fully saturated rings. The summed E-state index contributed by atoms with van der Waals surface area (Å²) in [7, 11) is 1.88. The van der Waals surface area contributed by atoms with Gasteiger partial charge in [0.2, 0.25) is 5.91 Å². The highest BCUT2D eigenvalue weighted by Gasteiger charge is 2.31. The van der Waals surface area contributed by atoms with Crippen LogP contribution in [0.2, 0.25) is 0 Å². The molecule has 2 heterocycles. The lowest BCUT2D eigenvalue weighted by molar-refractivity contribution is -0.132. The van der Waals surface area contributed by atoms with Crippen LogP contribution < -0.4 is 10.1 Å². The highest BCUT2D eigenvalue weighted by molar-refractivity contribution is 5.76. The van der Waals surface area contributed by atoms with Crippen molar-refractivity contribution in [1.29, 1.82) is 0 Å². The first-order valence-electron chi connectivity index (χ1n) is 7.72. The van der Waals surface area contributed by atoms with Gasteiger partial charge >= 0.3 is 0 Å². The minimum Gasteiger partial charge on any atom is -0.487 e. The van der Waals surface area contributed by atoms with Crippen LogP contribution >= 0.6 is 0 Å². The summed E-state index contributed by atoms with van der Waals surface area (Å²) in [5.74, 6) is 1.30. The third kappa shape index (κ3) is 3.05. The standard InChI is InChI=1S/C17H24N2O2/c1-17(2)9-12-5-4-6-13(16(12)21-17)10-18-14-7-8-15(20)19(3)11-14/h4-6,14,18H,7-11H2,1-3H3. The summed E-state index contributed by atoms with van der Waals surface area (Å²) >= 11 is 0. The molecule has 4 nitrogen and oxygen atoms in total. The number of likely N-dealkylation sites (N-methyl/N-ethyl adjacent to an activating group) is 1. The second-order valence-corrected chi connectivity index (χ2v) is 6.83. The van der Waals surface area contributed by atoms with Crippen molar-refractivity contribution in [3.63, 3.8) is 0 Å². The maximum atomic E-state index is 11.5. The Morgan fingerprint density at radius 2 is 2.24 bits per heavy atom. The molecule has 0 saturated carbocycles. The van der Waals surface area contributed by atoms with E-state index in [0.29, 0.717) is 12.5 Å². The summed E-state index contributed by atoms with van der Waals surface area (Å²) in [5.41, 5.74) is 2.42. The van der Waals surface area contributed by atoms with Crippen molar-refractivity contribution < 1.29 is 9.53 Å². The van der Waals surface area contributed by atoms with Gasteiger partial charge in [-0.2, -0.15) is 0 Å². The Kier molecular flexibility index (Phi) is 3.66. The van der Waals surface area contributed by atoms with E-state index in [1.807, 2.05) is 11.9 Å². The second-order valence-electron chi connectivity index (χ2n) is 6.83. The predicted molar refractivity (Wildman–Crippen MR) is 82.4 cm³/mol. The molecule has 0 aliphatic carbocycles. The lowest BCUT2D eigenvalue weighted by atomic mass is 10.00.